The molecule has 0 amide bonds. The van der Waals surface area contributed by atoms with Gasteiger partial charge < -0.3 is 4.90 Å². The van der Waals surface area contributed by atoms with E-state index in [0.717, 1.165) is 35.7 Å². The number of hydrogen-bond acceptors (Lipinski definition) is 3. The molecule has 0 bridgehead atoms. The lowest BCUT2D eigenvalue weighted by Gasteiger charge is -2.13. The van der Waals surface area contributed by atoms with Crippen LogP contribution < -0.4 is 0 Å². The number of aryl methyl sites for hydroxylation is 2. The summed E-state index contributed by atoms with van der Waals surface area (Å²) in [5.74, 6) is 0.837. The first-order chi connectivity index (χ1) is 8.54. The summed E-state index contributed by atoms with van der Waals surface area (Å²) in [4.78, 5) is 10.9. The minimum Gasteiger partial charge on any atom is -0.302 e. The predicted octanol–water partition coefficient (Wildman–Crippen LogP) is 3.08. The van der Waals surface area contributed by atoms with Crippen molar-refractivity contribution >= 4 is 0 Å². The Morgan fingerprint density at radius 2 is 1.56 bits per heavy atom. The van der Waals surface area contributed by atoms with Gasteiger partial charge in [0.05, 0.1) is 13.2 Å². The smallest absolute Gasteiger partial charge is 0.142 e. The monoisotopic (exact) mass is 255 g/mol. The molecule has 0 unspecified atom stereocenters. The van der Waals surface area contributed by atoms with E-state index in [9.17, 15) is 4.39 Å². The SMILES string of the molecule is CC.Cc1nc(CN(C)C)nc(C)c1CCCF. The van der Waals surface area contributed by atoms with E-state index in [1.54, 1.807) is 0 Å². The van der Waals surface area contributed by atoms with Crippen LogP contribution in [-0.4, -0.2) is 35.6 Å². The first-order valence-electron chi connectivity index (χ1n) is 6.58. The van der Waals surface area contributed by atoms with Crippen molar-refractivity contribution in [3.8, 4) is 0 Å². The highest BCUT2D eigenvalue weighted by Crippen LogP contribution is 2.13. The number of hydrogen-bond donors (Lipinski definition) is 0. The molecule has 1 aromatic heterocycles. The van der Waals surface area contributed by atoms with Crippen LogP contribution in [0.5, 0.6) is 0 Å². The van der Waals surface area contributed by atoms with Gasteiger partial charge in [-0.3, -0.25) is 4.39 Å². The second kappa shape index (κ2) is 8.97. The van der Waals surface area contributed by atoms with E-state index in [1.807, 2.05) is 46.7 Å². The number of nitrogens with zero attached hydrogens (tertiary/aromatic N) is 3. The summed E-state index contributed by atoms with van der Waals surface area (Å²) in [7, 11) is 3.98. The zero-order valence-corrected chi connectivity index (χ0v) is 12.5. The second-order valence-corrected chi connectivity index (χ2v) is 4.32. The lowest BCUT2D eigenvalue weighted by Crippen LogP contribution is -2.15. The lowest BCUT2D eigenvalue weighted by atomic mass is 10.1. The summed E-state index contributed by atoms with van der Waals surface area (Å²) < 4.78 is 12.1. The summed E-state index contributed by atoms with van der Waals surface area (Å²) in [6.07, 6.45) is 1.29. The van der Waals surface area contributed by atoms with Crippen molar-refractivity contribution in [1.29, 1.82) is 0 Å². The maximum Gasteiger partial charge on any atom is 0.142 e. The molecule has 1 rings (SSSR count). The van der Waals surface area contributed by atoms with Gasteiger partial charge in [0, 0.05) is 11.4 Å². The first-order valence-corrected chi connectivity index (χ1v) is 6.58. The van der Waals surface area contributed by atoms with Crippen molar-refractivity contribution < 1.29 is 4.39 Å². The Hall–Kier alpha value is -1.03. The molecule has 104 valence electrons. The molecule has 0 fully saturated rings. The van der Waals surface area contributed by atoms with Gasteiger partial charge in [0.15, 0.2) is 0 Å². The van der Waals surface area contributed by atoms with Crippen molar-refractivity contribution in [2.24, 2.45) is 0 Å². The quantitative estimate of drug-likeness (QED) is 0.809. The van der Waals surface area contributed by atoms with Crippen LogP contribution in [0.3, 0.4) is 0 Å². The minimum atomic E-state index is -0.279. The third-order valence-electron chi connectivity index (χ3n) is 2.49. The fourth-order valence-electron chi connectivity index (χ4n) is 1.77. The van der Waals surface area contributed by atoms with Gasteiger partial charge in [-0.05, 0) is 46.3 Å². The minimum absolute atomic E-state index is 0.279. The summed E-state index contributed by atoms with van der Waals surface area (Å²) >= 11 is 0. The second-order valence-electron chi connectivity index (χ2n) is 4.32. The Morgan fingerprint density at radius 1 is 1.06 bits per heavy atom. The summed E-state index contributed by atoms with van der Waals surface area (Å²) in [5, 5.41) is 0. The van der Waals surface area contributed by atoms with Crippen LogP contribution in [0.15, 0.2) is 0 Å². The van der Waals surface area contributed by atoms with E-state index in [4.69, 9.17) is 0 Å². The molecule has 0 aliphatic rings. The highest BCUT2D eigenvalue weighted by Gasteiger charge is 2.08. The van der Waals surface area contributed by atoms with Crippen LogP contribution in [0.2, 0.25) is 0 Å². The van der Waals surface area contributed by atoms with E-state index in [-0.39, 0.29) is 6.67 Å². The Morgan fingerprint density at radius 3 is 1.94 bits per heavy atom. The Balaban J connectivity index is 0.00000137. The number of alkyl halides is 1. The van der Waals surface area contributed by atoms with E-state index >= 15 is 0 Å². The molecule has 0 saturated heterocycles. The van der Waals surface area contributed by atoms with Crippen molar-refractivity contribution in [2.45, 2.75) is 47.1 Å². The van der Waals surface area contributed by atoms with Crippen molar-refractivity contribution in [3.05, 3.63) is 22.8 Å². The van der Waals surface area contributed by atoms with Gasteiger partial charge in [-0.25, -0.2) is 9.97 Å². The van der Waals surface area contributed by atoms with Crippen LogP contribution in [0.25, 0.3) is 0 Å². The number of aromatic nitrogens is 2. The van der Waals surface area contributed by atoms with E-state index in [2.05, 4.69) is 9.97 Å². The predicted molar refractivity (Wildman–Crippen MR) is 74.5 cm³/mol. The average molecular weight is 255 g/mol. The summed E-state index contributed by atoms with van der Waals surface area (Å²) in [5.41, 5.74) is 3.07. The van der Waals surface area contributed by atoms with Gasteiger partial charge in [-0.15, -0.1) is 0 Å². The van der Waals surface area contributed by atoms with Gasteiger partial charge in [0.25, 0.3) is 0 Å². The van der Waals surface area contributed by atoms with Crippen molar-refractivity contribution in [2.75, 3.05) is 20.8 Å². The first kappa shape index (κ1) is 17.0. The molecule has 0 atom stereocenters. The van der Waals surface area contributed by atoms with E-state index in [1.165, 1.54) is 0 Å². The zero-order chi connectivity index (χ0) is 14.1. The fourth-order valence-corrected chi connectivity index (χ4v) is 1.77. The average Bonchev–Trinajstić information content (AvgIpc) is 2.30. The normalized spacial score (nSPS) is 10.2. The van der Waals surface area contributed by atoms with Gasteiger partial charge in [-0.2, -0.15) is 0 Å². The molecule has 18 heavy (non-hydrogen) atoms. The van der Waals surface area contributed by atoms with Gasteiger partial charge in [0.1, 0.15) is 5.82 Å². The molecule has 0 aliphatic carbocycles. The summed E-state index contributed by atoms with van der Waals surface area (Å²) in [6.45, 7) is 8.41. The number of halogens is 1. The molecule has 1 heterocycles. The maximum absolute atomic E-state index is 12.1. The molecule has 0 spiro atoms. The molecule has 1 aromatic rings. The fraction of sp³-hybridized carbons (Fsp3) is 0.714. The lowest BCUT2D eigenvalue weighted by molar-refractivity contribution is 0.389. The molecule has 0 saturated carbocycles. The maximum atomic E-state index is 12.1. The largest absolute Gasteiger partial charge is 0.302 e. The Labute approximate surface area is 110 Å². The van der Waals surface area contributed by atoms with Gasteiger partial charge in [0.2, 0.25) is 0 Å². The molecule has 4 heteroatoms. The van der Waals surface area contributed by atoms with E-state index < -0.39 is 0 Å². The van der Waals surface area contributed by atoms with E-state index in [0.29, 0.717) is 6.42 Å². The highest BCUT2D eigenvalue weighted by atomic mass is 19.1. The zero-order valence-electron chi connectivity index (χ0n) is 12.5. The molecule has 0 radical (unpaired) electrons. The molecule has 0 N–H and O–H groups in total. The Kier molecular flexibility index (Phi) is 8.46. The number of rotatable bonds is 5. The van der Waals surface area contributed by atoms with Gasteiger partial charge >= 0.3 is 0 Å². The van der Waals surface area contributed by atoms with Crippen molar-refractivity contribution in [1.82, 2.24) is 14.9 Å². The van der Waals surface area contributed by atoms with Crippen LogP contribution in [-0.2, 0) is 13.0 Å². The van der Waals surface area contributed by atoms with Gasteiger partial charge in [-0.1, -0.05) is 13.8 Å². The summed E-state index contributed by atoms with van der Waals surface area (Å²) in [6, 6.07) is 0. The molecular weight excluding hydrogens is 229 g/mol. The van der Waals surface area contributed by atoms with Crippen LogP contribution in [0.4, 0.5) is 4.39 Å². The Bertz CT molecular complexity index is 328. The molecule has 3 nitrogen and oxygen atoms in total. The van der Waals surface area contributed by atoms with Crippen LogP contribution >= 0.6 is 0 Å². The third-order valence-corrected chi connectivity index (χ3v) is 2.49. The molecular formula is C14H26FN3. The topological polar surface area (TPSA) is 29.0 Å². The standard InChI is InChI=1S/C12H20FN3.C2H6/c1-9-11(6-5-7-13)10(2)15-12(14-9)8-16(3)4;1-2/h5-8H2,1-4H3;1-2H3. The third kappa shape index (κ3) is 5.54. The van der Waals surface area contributed by atoms with Crippen LogP contribution in [0, 0.1) is 13.8 Å². The molecule has 0 aromatic carbocycles. The highest BCUT2D eigenvalue weighted by molar-refractivity contribution is 5.24. The van der Waals surface area contributed by atoms with Crippen LogP contribution in [0.1, 0.15) is 43.0 Å². The van der Waals surface area contributed by atoms with Crippen molar-refractivity contribution in [3.63, 3.8) is 0 Å². The molecule has 0 aliphatic heterocycles.